The Bertz CT molecular complexity index is 542. The molecule has 3 atom stereocenters. The van der Waals surface area contributed by atoms with Gasteiger partial charge in [0.15, 0.2) is 5.79 Å². The number of hydrogen-bond acceptors (Lipinski definition) is 5. The van der Waals surface area contributed by atoms with Crippen LogP contribution in [0.3, 0.4) is 0 Å². The third kappa shape index (κ3) is 3.79. The molecule has 24 heavy (non-hydrogen) atoms. The van der Waals surface area contributed by atoms with Gasteiger partial charge in [-0.3, -0.25) is 4.79 Å². The van der Waals surface area contributed by atoms with Crippen LogP contribution in [0.4, 0.5) is 0 Å². The van der Waals surface area contributed by atoms with Crippen molar-refractivity contribution in [3.05, 3.63) is 35.9 Å². The van der Waals surface area contributed by atoms with E-state index < -0.39 is 5.79 Å². The Kier molecular flexibility index (Phi) is 5.54. The van der Waals surface area contributed by atoms with Gasteiger partial charge in [-0.25, -0.2) is 0 Å². The number of hydrogen-bond donors (Lipinski definition) is 1. The first kappa shape index (κ1) is 17.4. The summed E-state index contributed by atoms with van der Waals surface area (Å²) in [7, 11) is 0. The van der Waals surface area contributed by atoms with Crippen LogP contribution in [0.25, 0.3) is 0 Å². The summed E-state index contributed by atoms with van der Waals surface area (Å²) in [5.74, 6) is -0.998. The molecule has 0 radical (unpaired) electrons. The van der Waals surface area contributed by atoms with Crippen molar-refractivity contribution >= 4 is 5.97 Å². The van der Waals surface area contributed by atoms with Crippen LogP contribution < -0.4 is 5.32 Å². The molecule has 1 unspecified atom stereocenters. The molecule has 132 valence electrons. The highest BCUT2D eigenvalue weighted by atomic mass is 16.7. The van der Waals surface area contributed by atoms with Crippen LogP contribution in [-0.2, 0) is 19.0 Å². The van der Waals surface area contributed by atoms with Gasteiger partial charge in [-0.05, 0) is 25.8 Å². The zero-order valence-electron chi connectivity index (χ0n) is 14.5. The lowest BCUT2D eigenvalue weighted by molar-refractivity contribution is -0.199. The molecule has 1 N–H and O–H groups in total. The third-order valence-electron chi connectivity index (χ3n) is 5.02. The quantitative estimate of drug-likeness (QED) is 0.840. The second-order valence-electron chi connectivity index (χ2n) is 6.61. The SMILES string of the molecule is CCOC(=O)C1CC2(CC[C@H]1N[C@H](C)c1ccccc1)OCCO2. The van der Waals surface area contributed by atoms with Crippen LogP contribution in [0.5, 0.6) is 0 Å². The van der Waals surface area contributed by atoms with Crippen molar-refractivity contribution < 1.29 is 19.0 Å². The summed E-state index contributed by atoms with van der Waals surface area (Å²) in [6, 6.07) is 10.5. The fourth-order valence-corrected chi connectivity index (χ4v) is 3.77. The molecule has 0 aromatic heterocycles. The standard InChI is InChI=1S/C19H27NO4/c1-3-22-18(21)16-13-19(23-11-12-24-19)10-9-17(16)20-14(2)15-7-5-4-6-8-15/h4-8,14,16-17,20H,3,9-13H2,1-2H3/t14-,16?,17-/m1/s1. The molecule has 5 nitrogen and oxygen atoms in total. The van der Waals surface area contributed by atoms with Crippen LogP contribution >= 0.6 is 0 Å². The Morgan fingerprint density at radius 2 is 2.04 bits per heavy atom. The second-order valence-corrected chi connectivity index (χ2v) is 6.61. The zero-order chi connectivity index (χ0) is 17.0. The van der Waals surface area contributed by atoms with E-state index in [1.54, 1.807) is 0 Å². The smallest absolute Gasteiger partial charge is 0.310 e. The van der Waals surface area contributed by atoms with E-state index >= 15 is 0 Å². The van der Waals surface area contributed by atoms with Crippen molar-refractivity contribution in [2.24, 2.45) is 5.92 Å². The average Bonchev–Trinajstić information content (AvgIpc) is 3.05. The first-order chi connectivity index (χ1) is 11.6. The fourth-order valence-electron chi connectivity index (χ4n) is 3.77. The molecule has 1 saturated heterocycles. The lowest BCUT2D eigenvalue weighted by Crippen LogP contribution is -2.51. The Morgan fingerprint density at radius 1 is 1.33 bits per heavy atom. The zero-order valence-corrected chi connectivity index (χ0v) is 14.5. The highest BCUT2D eigenvalue weighted by Crippen LogP contribution is 2.40. The van der Waals surface area contributed by atoms with E-state index in [1.165, 1.54) is 5.56 Å². The number of carbonyl (C=O) groups is 1. The van der Waals surface area contributed by atoms with E-state index in [1.807, 2.05) is 25.1 Å². The molecular weight excluding hydrogens is 306 g/mol. The van der Waals surface area contributed by atoms with Crippen LogP contribution in [0.1, 0.15) is 44.7 Å². The monoisotopic (exact) mass is 333 g/mol. The van der Waals surface area contributed by atoms with Crippen LogP contribution in [0, 0.1) is 5.92 Å². The molecular formula is C19H27NO4. The van der Waals surface area contributed by atoms with Crippen molar-refractivity contribution in [3.63, 3.8) is 0 Å². The summed E-state index contributed by atoms with van der Waals surface area (Å²) in [5, 5.41) is 3.62. The van der Waals surface area contributed by atoms with E-state index in [-0.39, 0.29) is 24.0 Å². The second kappa shape index (κ2) is 7.64. The molecule has 1 aliphatic heterocycles. The molecule has 1 spiro atoms. The molecule has 1 aliphatic carbocycles. The molecule has 0 amide bonds. The van der Waals surface area contributed by atoms with Gasteiger partial charge in [0.2, 0.25) is 0 Å². The summed E-state index contributed by atoms with van der Waals surface area (Å²) < 4.78 is 17.0. The summed E-state index contributed by atoms with van der Waals surface area (Å²) in [4.78, 5) is 12.5. The molecule has 1 aromatic rings. The summed E-state index contributed by atoms with van der Waals surface area (Å²) in [6.45, 7) is 5.58. The highest BCUT2D eigenvalue weighted by Gasteiger charge is 2.48. The van der Waals surface area contributed by atoms with E-state index in [9.17, 15) is 4.79 Å². The maximum absolute atomic E-state index is 12.5. The Balaban J connectivity index is 1.71. The lowest BCUT2D eigenvalue weighted by atomic mass is 9.80. The first-order valence-electron chi connectivity index (χ1n) is 8.89. The molecule has 1 heterocycles. The topological polar surface area (TPSA) is 56.8 Å². The summed E-state index contributed by atoms with van der Waals surface area (Å²) in [6.07, 6.45) is 2.20. The molecule has 1 saturated carbocycles. The van der Waals surface area contributed by atoms with Crippen LogP contribution in [0.15, 0.2) is 30.3 Å². The third-order valence-corrected chi connectivity index (χ3v) is 5.02. The van der Waals surface area contributed by atoms with Gasteiger partial charge in [-0.2, -0.15) is 0 Å². The van der Waals surface area contributed by atoms with Gasteiger partial charge in [-0.1, -0.05) is 30.3 Å². The highest BCUT2D eigenvalue weighted by molar-refractivity contribution is 5.73. The van der Waals surface area contributed by atoms with Crippen molar-refractivity contribution in [1.82, 2.24) is 5.32 Å². The van der Waals surface area contributed by atoms with Gasteiger partial charge < -0.3 is 19.5 Å². The number of benzene rings is 1. The fraction of sp³-hybridized carbons (Fsp3) is 0.632. The van der Waals surface area contributed by atoms with Gasteiger partial charge in [0, 0.05) is 24.9 Å². The van der Waals surface area contributed by atoms with Crippen molar-refractivity contribution in [1.29, 1.82) is 0 Å². The molecule has 5 heteroatoms. The minimum absolute atomic E-state index is 0.0673. The van der Waals surface area contributed by atoms with Crippen molar-refractivity contribution in [2.45, 2.75) is 51.0 Å². The molecule has 2 aliphatic rings. The van der Waals surface area contributed by atoms with Gasteiger partial charge in [0.05, 0.1) is 25.7 Å². The largest absolute Gasteiger partial charge is 0.466 e. The van der Waals surface area contributed by atoms with Gasteiger partial charge in [0.25, 0.3) is 0 Å². The van der Waals surface area contributed by atoms with Gasteiger partial charge in [-0.15, -0.1) is 0 Å². The molecule has 2 fully saturated rings. The number of esters is 1. The molecule has 3 rings (SSSR count). The van der Waals surface area contributed by atoms with Crippen LogP contribution in [-0.4, -0.2) is 37.6 Å². The number of rotatable bonds is 5. The predicted molar refractivity (Wildman–Crippen MR) is 90.4 cm³/mol. The Hall–Kier alpha value is -1.43. The van der Waals surface area contributed by atoms with Crippen LogP contribution in [0.2, 0.25) is 0 Å². The lowest BCUT2D eigenvalue weighted by Gasteiger charge is -2.41. The minimum Gasteiger partial charge on any atom is -0.466 e. The average molecular weight is 333 g/mol. The van der Waals surface area contributed by atoms with Gasteiger partial charge >= 0.3 is 5.97 Å². The Labute approximate surface area is 143 Å². The minimum atomic E-state index is -0.592. The maximum atomic E-state index is 12.5. The normalized spacial score (nSPS) is 27.1. The van der Waals surface area contributed by atoms with E-state index in [0.29, 0.717) is 26.2 Å². The van der Waals surface area contributed by atoms with E-state index in [4.69, 9.17) is 14.2 Å². The van der Waals surface area contributed by atoms with E-state index in [0.717, 1.165) is 12.8 Å². The number of ether oxygens (including phenoxy) is 3. The van der Waals surface area contributed by atoms with E-state index in [2.05, 4.69) is 24.4 Å². The Morgan fingerprint density at radius 3 is 2.71 bits per heavy atom. The predicted octanol–water partition coefficient (Wildman–Crippen LogP) is 2.81. The molecule has 1 aromatic carbocycles. The molecule has 0 bridgehead atoms. The summed E-state index contributed by atoms with van der Waals surface area (Å²) in [5.41, 5.74) is 1.22. The first-order valence-corrected chi connectivity index (χ1v) is 8.89. The number of nitrogens with one attached hydrogen (secondary N) is 1. The maximum Gasteiger partial charge on any atom is 0.310 e. The van der Waals surface area contributed by atoms with Crippen molar-refractivity contribution in [3.8, 4) is 0 Å². The summed E-state index contributed by atoms with van der Waals surface area (Å²) >= 11 is 0. The number of carbonyl (C=O) groups excluding carboxylic acids is 1. The van der Waals surface area contributed by atoms with Gasteiger partial charge in [0.1, 0.15) is 0 Å². The van der Waals surface area contributed by atoms with Crippen molar-refractivity contribution in [2.75, 3.05) is 19.8 Å².